The van der Waals surface area contributed by atoms with Crippen molar-refractivity contribution in [3.63, 3.8) is 0 Å². The van der Waals surface area contributed by atoms with Crippen molar-refractivity contribution in [2.45, 2.75) is 26.8 Å². The van der Waals surface area contributed by atoms with Gasteiger partial charge in [0.05, 0.1) is 11.6 Å². The topological polar surface area (TPSA) is 54.2 Å². The zero-order chi connectivity index (χ0) is 23.8. The molecule has 1 aliphatic heterocycles. The summed E-state index contributed by atoms with van der Waals surface area (Å²) in [6.45, 7) is 6.20. The van der Waals surface area contributed by atoms with Crippen LogP contribution in [0.2, 0.25) is 5.02 Å². The van der Waals surface area contributed by atoms with E-state index in [1.54, 1.807) is 0 Å². The highest BCUT2D eigenvalue weighted by atomic mass is 35.5. The SMILES string of the molecule is CC1=C(c2nc(-c3ccccc3)no2)C(c2ccc(Cl)cc2)NC(=S)N1c1cc(C)cc(C)c1. The molecule has 0 fully saturated rings. The summed E-state index contributed by atoms with van der Waals surface area (Å²) in [4.78, 5) is 6.80. The Morgan fingerprint density at radius 2 is 1.62 bits per heavy atom. The van der Waals surface area contributed by atoms with Gasteiger partial charge in [0.1, 0.15) is 0 Å². The first-order valence-corrected chi connectivity index (χ1v) is 11.7. The number of allylic oxidation sites excluding steroid dienone is 1. The van der Waals surface area contributed by atoms with Crippen LogP contribution >= 0.6 is 23.8 Å². The third kappa shape index (κ3) is 4.22. The van der Waals surface area contributed by atoms with Crippen LogP contribution in [0.4, 0.5) is 5.69 Å². The normalized spacial score (nSPS) is 16.1. The average Bonchev–Trinajstić information content (AvgIpc) is 3.29. The highest BCUT2D eigenvalue weighted by Gasteiger charge is 2.34. The molecule has 3 aromatic carbocycles. The van der Waals surface area contributed by atoms with E-state index >= 15 is 0 Å². The first-order chi connectivity index (χ1) is 16.4. The van der Waals surface area contributed by atoms with Crippen LogP contribution in [0.1, 0.15) is 35.5 Å². The Labute approximate surface area is 209 Å². The number of aromatic nitrogens is 2. The van der Waals surface area contributed by atoms with Crippen LogP contribution in [0.25, 0.3) is 17.0 Å². The molecule has 1 unspecified atom stereocenters. The van der Waals surface area contributed by atoms with Crippen LogP contribution in [0, 0.1) is 13.8 Å². The van der Waals surface area contributed by atoms with Gasteiger partial charge in [-0.1, -0.05) is 65.3 Å². The number of nitrogens with one attached hydrogen (secondary N) is 1. The summed E-state index contributed by atoms with van der Waals surface area (Å²) >= 11 is 12.0. The second-order valence-electron chi connectivity index (χ2n) is 8.40. The maximum absolute atomic E-state index is 6.16. The fourth-order valence-electron chi connectivity index (χ4n) is 4.35. The summed E-state index contributed by atoms with van der Waals surface area (Å²) in [6, 6.07) is 23.6. The molecule has 0 aliphatic carbocycles. The van der Waals surface area contributed by atoms with Gasteiger partial charge in [-0.2, -0.15) is 4.98 Å². The molecule has 1 atom stereocenters. The van der Waals surface area contributed by atoms with Crippen molar-refractivity contribution in [2.24, 2.45) is 0 Å². The van der Waals surface area contributed by atoms with E-state index in [1.807, 2.05) is 66.4 Å². The van der Waals surface area contributed by atoms with Gasteiger partial charge in [0.2, 0.25) is 5.82 Å². The fraction of sp³-hybridized carbons (Fsp3) is 0.148. The number of nitrogens with zero attached hydrogens (tertiary/aromatic N) is 3. The zero-order valence-corrected chi connectivity index (χ0v) is 20.6. The molecule has 170 valence electrons. The number of aryl methyl sites for hydroxylation is 2. The van der Waals surface area contributed by atoms with Gasteiger partial charge < -0.3 is 9.84 Å². The van der Waals surface area contributed by atoms with E-state index in [4.69, 9.17) is 33.3 Å². The molecule has 0 saturated carbocycles. The van der Waals surface area contributed by atoms with Gasteiger partial charge in [-0.05, 0) is 73.9 Å². The number of hydrogen-bond donors (Lipinski definition) is 1. The van der Waals surface area contributed by atoms with Crippen molar-refractivity contribution in [1.29, 1.82) is 0 Å². The molecule has 4 aromatic rings. The number of halogens is 1. The van der Waals surface area contributed by atoms with Crippen LogP contribution in [-0.2, 0) is 0 Å². The molecular weight excluding hydrogens is 464 g/mol. The predicted octanol–water partition coefficient (Wildman–Crippen LogP) is 6.87. The van der Waals surface area contributed by atoms with E-state index in [-0.39, 0.29) is 6.04 Å². The Balaban J connectivity index is 1.67. The minimum Gasteiger partial charge on any atom is -0.351 e. The van der Waals surface area contributed by atoms with E-state index in [1.165, 1.54) is 0 Å². The number of thiocarbonyl (C=S) groups is 1. The van der Waals surface area contributed by atoms with Gasteiger partial charge >= 0.3 is 0 Å². The van der Waals surface area contributed by atoms with Crippen molar-refractivity contribution in [1.82, 2.24) is 15.5 Å². The van der Waals surface area contributed by atoms with E-state index in [9.17, 15) is 0 Å². The summed E-state index contributed by atoms with van der Waals surface area (Å²) in [5.74, 6) is 0.984. The lowest BCUT2D eigenvalue weighted by Crippen LogP contribution is -2.46. The summed E-state index contributed by atoms with van der Waals surface area (Å²) in [6.07, 6.45) is 0. The van der Waals surface area contributed by atoms with Crippen molar-refractivity contribution >= 4 is 40.2 Å². The summed E-state index contributed by atoms with van der Waals surface area (Å²) in [7, 11) is 0. The maximum atomic E-state index is 6.16. The second kappa shape index (κ2) is 9.05. The van der Waals surface area contributed by atoms with Crippen molar-refractivity contribution in [3.8, 4) is 11.4 Å². The lowest BCUT2D eigenvalue weighted by Gasteiger charge is -2.37. The molecule has 5 rings (SSSR count). The highest BCUT2D eigenvalue weighted by Crippen LogP contribution is 2.39. The molecule has 0 spiro atoms. The Morgan fingerprint density at radius 1 is 0.941 bits per heavy atom. The van der Waals surface area contributed by atoms with Gasteiger partial charge in [0.25, 0.3) is 5.89 Å². The van der Waals surface area contributed by atoms with Crippen LogP contribution in [-0.4, -0.2) is 15.3 Å². The van der Waals surface area contributed by atoms with Crippen LogP contribution in [0.15, 0.2) is 83.0 Å². The van der Waals surface area contributed by atoms with Gasteiger partial charge in [-0.25, -0.2) is 0 Å². The van der Waals surface area contributed by atoms with Crippen molar-refractivity contribution < 1.29 is 4.52 Å². The van der Waals surface area contributed by atoms with E-state index < -0.39 is 0 Å². The standard InChI is InChI=1S/C27H23ClN4OS/c1-16-13-17(2)15-22(14-16)32-18(3)23(24(29-27(32)34)19-9-11-21(28)12-10-19)26-30-25(31-33-26)20-7-5-4-6-8-20/h4-15,24H,1-3H3,(H,29,34). The lowest BCUT2D eigenvalue weighted by molar-refractivity contribution is 0.404. The summed E-state index contributed by atoms with van der Waals surface area (Å²) in [5, 5.41) is 9.04. The molecule has 1 N–H and O–H groups in total. The lowest BCUT2D eigenvalue weighted by atomic mass is 9.94. The smallest absolute Gasteiger partial charge is 0.258 e. The molecule has 0 amide bonds. The zero-order valence-electron chi connectivity index (χ0n) is 19.0. The van der Waals surface area contributed by atoms with Crippen LogP contribution in [0.5, 0.6) is 0 Å². The number of anilines is 1. The Bertz CT molecular complexity index is 1380. The maximum Gasteiger partial charge on any atom is 0.258 e. The third-order valence-electron chi connectivity index (χ3n) is 5.84. The molecule has 7 heteroatoms. The highest BCUT2D eigenvalue weighted by molar-refractivity contribution is 7.80. The van der Waals surface area contributed by atoms with Gasteiger partial charge in [-0.3, -0.25) is 4.90 Å². The van der Waals surface area contributed by atoms with Gasteiger partial charge in [0.15, 0.2) is 5.11 Å². The average molecular weight is 487 g/mol. The van der Waals surface area contributed by atoms with E-state index in [0.717, 1.165) is 39.2 Å². The summed E-state index contributed by atoms with van der Waals surface area (Å²) < 4.78 is 5.82. The molecule has 2 heterocycles. The number of benzene rings is 3. The van der Waals surface area contributed by atoms with Crippen LogP contribution < -0.4 is 10.2 Å². The first-order valence-electron chi connectivity index (χ1n) is 11.0. The quantitative estimate of drug-likeness (QED) is 0.317. The summed E-state index contributed by atoms with van der Waals surface area (Å²) in [5.41, 5.74) is 7.00. The monoisotopic (exact) mass is 486 g/mol. The molecule has 5 nitrogen and oxygen atoms in total. The molecule has 1 aliphatic rings. The molecule has 0 bridgehead atoms. The molecule has 0 radical (unpaired) electrons. The van der Waals surface area contributed by atoms with E-state index in [2.05, 4.69) is 42.5 Å². The molecular formula is C27H23ClN4OS. The predicted molar refractivity (Wildman–Crippen MR) is 141 cm³/mol. The molecule has 1 aromatic heterocycles. The van der Waals surface area contributed by atoms with Crippen LogP contribution in [0.3, 0.4) is 0 Å². The number of hydrogen-bond acceptors (Lipinski definition) is 4. The Morgan fingerprint density at radius 3 is 2.29 bits per heavy atom. The third-order valence-corrected chi connectivity index (χ3v) is 6.39. The van der Waals surface area contributed by atoms with Crippen molar-refractivity contribution in [3.05, 3.63) is 106 Å². The Hall–Kier alpha value is -3.48. The number of rotatable bonds is 4. The largest absolute Gasteiger partial charge is 0.351 e. The van der Waals surface area contributed by atoms with Gasteiger partial charge in [0, 0.05) is 22.0 Å². The van der Waals surface area contributed by atoms with Gasteiger partial charge in [-0.15, -0.1) is 0 Å². The van der Waals surface area contributed by atoms with Crippen molar-refractivity contribution in [2.75, 3.05) is 4.90 Å². The minimum atomic E-state index is -0.268. The molecule has 34 heavy (non-hydrogen) atoms. The second-order valence-corrected chi connectivity index (χ2v) is 9.23. The fourth-order valence-corrected chi connectivity index (χ4v) is 4.84. The molecule has 0 saturated heterocycles. The first kappa shape index (κ1) is 22.3. The minimum absolute atomic E-state index is 0.268. The van der Waals surface area contributed by atoms with E-state index in [0.29, 0.717) is 21.9 Å². The Kier molecular flexibility index (Phi) is 5.94.